The van der Waals surface area contributed by atoms with Crippen molar-refractivity contribution in [1.82, 2.24) is 5.32 Å². The SMILES string of the molecule is CC[C@@H](C)[C@H](NC(=O)c1ccc2c(c1)B(O)OC2)C(=O)O. The van der Waals surface area contributed by atoms with E-state index in [0.717, 1.165) is 5.56 Å². The number of carboxylic acid groups (broad SMARTS) is 1. The van der Waals surface area contributed by atoms with E-state index < -0.39 is 25.0 Å². The molecule has 21 heavy (non-hydrogen) atoms. The lowest BCUT2D eigenvalue weighted by atomic mass is 9.78. The van der Waals surface area contributed by atoms with Gasteiger partial charge in [-0.15, -0.1) is 0 Å². The predicted octanol–water partition coefficient (Wildman–Crippen LogP) is 0.133. The second-order valence-corrected chi connectivity index (χ2v) is 5.25. The van der Waals surface area contributed by atoms with Crippen LogP contribution in [-0.4, -0.2) is 35.2 Å². The molecular formula is C14H18BNO5. The van der Waals surface area contributed by atoms with Gasteiger partial charge in [0.15, 0.2) is 0 Å². The Morgan fingerprint density at radius 1 is 1.48 bits per heavy atom. The molecule has 0 aliphatic carbocycles. The van der Waals surface area contributed by atoms with E-state index in [-0.39, 0.29) is 5.92 Å². The molecule has 0 saturated carbocycles. The molecule has 3 N–H and O–H groups in total. The normalized spacial score (nSPS) is 16.2. The van der Waals surface area contributed by atoms with Crippen LogP contribution in [0.15, 0.2) is 18.2 Å². The Labute approximate surface area is 123 Å². The second kappa shape index (κ2) is 6.28. The quantitative estimate of drug-likeness (QED) is 0.670. The van der Waals surface area contributed by atoms with Gasteiger partial charge in [-0.25, -0.2) is 4.79 Å². The van der Waals surface area contributed by atoms with Crippen LogP contribution < -0.4 is 10.8 Å². The van der Waals surface area contributed by atoms with Crippen molar-refractivity contribution in [3.05, 3.63) is 29.3 Å². The van der Waals surface area contributed by atoms with Gasteiger partial charge in [-0.3, -0.25) is 4.79 Å². The highest BCUT2D eigenvalue weighted by molar-refractivity contribution is 6.61. The molecule has 0 unspecified atom stereocenters. The minimum absolute atomic E-state index is 0.171. The number of nitrogens with one attached hydrogen (secondary N) is 1. The maximum Gasteiger partial charge on any atom is 0.491 e. The zero-order valence-corrected chi connectivity index (χ0v) is 12.0. The van der Waals surface area contributed by atoms with Gasteiger partial charge in [0.1, 0.15) is 6.04 Å². The molecule has 1 heterocycles. The third-order valence-corrected chi connectivity index (χ3v) is 3.84. The van der Waals surface area contributed by atoms with Crippen LogP contribution in [0.5, 0.6) is 0 Å². The Bertz CT molecular complexity index is 562. The smallest absolute Gasteiger partial charge is 0.480 e. The van der Waals surface area contributed by atoms with E-state index in [1.165, 1.54) is 6.07 Å². The Balaban J connectivity index is 2.17. The van der Waals surface area contributed by atoms with Crippen molar-refractivity contribution in [1.29, 1.82) is 0 Å². The number of fused-ring (bicyclic) bond motifs is 1. The van der Waals surface area contributed by atoms with Crippen LogP contribution in [0.2, 0.25) is 0 Å². The number of hydrogen-bond donors (Lipinski definition) is 3. The molecule has 7 heteroatoms. The van der Waals surface area contributed by atoms with Crippen molar-refractivity contribution in [3.8, 4) is 0 Å². The fourth-order valence-corrected chi connectivity index (χ4v) is 2.26. The lowest BCUT2D eigenvalue weighted by Crippen LogP contribution is -2.45. The summed E-state index contributed by atoms with van der Waals surface area (Å²) in [4.78, 5) is 23.4. The van der Waals surface area contributed by atoms with Crippen LogP contribution in [0.25, 0.3) is 0 Å². The molecule has 2 rings (SSSR count). The summed E-state index contributed by atoms with van der Waals surface area (Å²) in [7, 11) is -1.03. The monoisotopic (exact) mass is 291 g/mol. The van der Waals surface area contributed by atoms with E-state index in [2.05, 4.69) is 5.32 Å². The maximum atomic E-state index is 12.2. The van der Waals surface area contributed by atoms with Crippen molar-refractivity contribution in [2.24, 2.45) is 5.92 Å². The van der Waals surface area contributed by atoms with Crippen molar-refractivity contribution < 1.29 is 24.4 Å². The second-order valence-electron chi connectivity index (χ2n) is 5.25. The lowest BCUT2D eigenvalue weighted by Gasteiger charge is -2.20. The standard InChI is InChI=1S/C14H18BNO5/c1-3-8(2)12(14(18)19)16-13(17)9-4-5-10-7-21-15(20)11(10)6-9/h4-6,8,12,20H,3,7H2,1-2H3,(H,16,17)(H,18,19)/t8-,12+/m1/s1. The fourth-order valence-electron chi connectivity index (χ4n) is 2.26. The molecule has 1 aromatic rings. The first kappa shape index (κ1) is 15.5. The molecule has 0 radical (unpaired) electrons. The van der Waals surface area contributed by atoms with Gasteiger partial charge in [0.25, 0.3) is 5.91 Å². The van der Waals surface area contributed by atoms with Gasteiger partial charge in [0, 0.05) is 5.56 Å². The van der Waals surface area contributed by atoms with Gasteiger partial charge in [0.05, 0.1) is 6.61 Å². The van der Waals surface area contributed by atoms with Crippen molar-refractivity contribution in [2.45, 2.75) is 32.9 Å². The van der Waals surface area contributed by atoms with Gasteiger partial charge in [0.2, 0.25) is 0 Å². The molecule has 1 aliphatic rings. The number of carbonyl (C=O) groups excluding carboxylic acids is 1. The van der Waals surface area contributed by atoms with Crippen LogP contribution in [0, 0.1) is 5.92 Å². The zero-order valence-electron chi connectivity index (χ0n) is 12.0. The van der Waals surface area contributed by atoms with Gasteiger partial charge < -0.3 is 20.1 Å². The summed E-state index contributed by atoms with van der Waals surface area (Å²) in [6.07, 6.45) is 0.647. The topological polar surface area (TPSA) is 95.9 Å². The molecule has 0 spiro atoms. The Morgan fingerprint density at radius 3 is 2.81 bits per heavy atom. The van der Waals surface area contributed by atoms with Crippen LogP contribution in [0.1, 0.15) is 36.2 Å². The fraction of sp³-hybridized carbons (Fsp3) is 0.429. The molecule has 0 saturated heterocycles. The summed E-state index contributed by atoms with van der Waals surface area (Å²) >= 11 is 0. The van der Waals surface area contributed by atoms with E-state index in [1.807, 2.05) is 6.92 Å². The third-order valence-electron chi connectivity index (χ3n) is 3.84. The summed E-state index contributed by atoms with van der Waals surface area (Å²) in [6, 6.07) is 3.92. The first-order valence-corrected chi connectivity index (χ1v) is 6.90. The minimum atomic E-state index is -1.05. The van der Waals surface area contributed by atoms with Gasteiger partial charge in [-0.2, -0.15) is 0 Å². The summed E-state index contributed by atoms with van der Waals surface area (Å²) in [5.41, 5.74) is 1.70. The molecule has 1 aromatic carbocycles. The third kappa shape index (κ3) is 3.25. The van der Waals surface area contributed by atoms with Gasteiger partial charge in [-0.1, -0.05) is 26.3 Å². The van der Waals surface area contributed by atoms with E-state index in [9.17, 15) is 19.7 Å². The number of aliphatic carboxylic acids is 1. The van der Waals surface area contributed by atoms with E-state index in [4.69, 9.17) is 4.65 Å². The average Bonchev–Trinajstić information content (AvgIpc) is 2.84. The average molecular weight is 291 g/mol. The van der Waals surface area contributed by atoms with Crippen molar-refractivity contribution in [3.63, 3.8) is 0 Å². The molecule has 1 aliphatic heterocycles. The summed E-state index contributed by atoms with van der Waals surface area (Å²) in [6.45, 7) is 3.96. The largest absolute Gasteiger partial charge is 0.491 e. The molecule has 6 nitrogen and oxygen atoms in total. The number of amides is 1. The van der Waals surface area contributed by atoms with E-state index >= 15 is 0 Å². The predicted molar refractivity (Wildman–Crippen MR) is 77.2 cm³/mol. The lowest BCUT2D eigenvalue weighted by molar-refractivity contribution is -0.140. The van der Waals surface area contributed by atoms with Crippen molar-refractivity contribution >= 4 is 24.5 Å². The van der Waals surface area contributed by atoms with Crippen LogP contribution in [0.3, 0.4) is 0 Å². The maximum absolute atomic E-state index is 12.2. The highest BCUT2D eigenvalue weighted by atomic mass is 16.5. The molecular weight excluding hydrogens is 273 g/mol. The van der Waals surface area contributed by atoms with Crippen LogP contribution in [0.4, 0.5) is 0 Å². The Morgan fingerprint density at radius 2 is 2.19 bits per heavy atom. The van der Waals surface area contributed by atoms with Crippen molar-refractivity contribution in [2.75, 3.05) is 0 Å². The molecule has 1 amide bonds. The number of benzene rings is 1. The molecule has 0 bridgehead atoms. The molecule has 2 atom stereocenters. The van der Waals surface area contributed by atoms with Crippen LogP contribution >= 0.6 is 0 Å². The number of rotatable bonds is 5. The molecule has 0 fully saturated rings. The minimum Gasteiger partial charge on any atom is -0.480 e. The van der Waals surface area contributed by atoms with E-state index in [0.29, 0.717) is 24.1 Å². The number of hydrogen-bond acceptors (Lipinski definition) is 4. The summed E-state index contributed by atoms with van der Waals surface area (Å²) in [5, 5.41) is 21.4. The summed E-state index contributed by atoms with van der Waals surface area (Å²) < 4.78 is 5.06. The molecule has 0 aromatic heterocycles. The Kier molecular flexibility index (Phi) is 4.64. The van der Waals surface area contributed by atoms with Gasteiger partial charge in [-0.05, 0) is 29.1 Å². The molecule has 112 valence electrons. The summed E-state index contributed by atoms with van der Waals surface area (Å²) in [5.74, 6) is -1.69. The zero-order chi connectivity index (χ0) is 15.6. The number of carboxylic acids is 1. The highest BCUT2D eigenvalue weighted by Crippen LogP contribution is 2.13. The highest BCUT2D eigenvalue weighted by Gasteiger charge is 2.29. The number of carbonyl (C=O) groups is 2. The van der Waals surface area contributed by atoms with Crippen LogP contribution in [-0.2, 0) is 16.1 Å². The Hall–Kier alpha value is -1.86. The van der Waals surface area contributed by atoms with E-state index in [1.54, 1.807) is 19.1 Å². The first-order valence-electron chi connectivity index (χ1n) is 6.90. The first-order chi connectivity index (χ1) is 9.93. The van der Waals surface area contributed by atoms with Gasteiger partial charge >= 0.3 is 13.1 Å².